The number of hydrogen-bond acceptors (Lipinski definition) is 5. The van der Waals surface area contributed by atoms with Crippen LogP contribution in [-0.4, -0.2) is 61.9 Å². The average Bonchev–Trinajstić information content (AvgIpc) is 2.71. The summed E-state index contributed by atoms with van der Waals surface area (Å²) in [6.45, 7) is 0.838. The molecule has 2 heterocycles. The van der Waals surface area contributed by atoms with Gasteiger partial charge in [-0.05, 0) is 12.1 Å². The highest BCUT2D eigenvalue weighted by atomic mass is 35.5. The summed E-state index contributed by atoms with van der Waals surface area (Å²) in [6, 6.07) is 3.48. The van der Waals surface area contributed by atoms with Crippen molar-refractivity contribution in [2.75, 3.05) is 37.8 Å². The first kappa shape index (κ1) is 15.5. The first-order chi connectivity index (χ1) is 9.29. The molecule has 0 spiro atoms. The zero-order valence-electron chi connectivity index (χ0n) is 11.4. The summed E-state index contributed by atoms with van der Waals surface area (Å²) in [6.07, 6.45) is 0.856. The van der Waals surface area contributed by atoms with Crippen molar-refractivity contribution >= 4 is 27.4 Å². The van der Waals surface area contributed by atoms with E-state index < -0.39 is 16.1 Å². The number of aliphatic hydroxyl groups excluding tert-OH is 1. The first-order valence-corrected chi connectivity index (χ1v) is 8.23. The number of aromatic nitrogens is 1. The third-order valence-corrected chi connectivity index (χ3v) is 5.61. The number of anilines is 1. The molecular weight excluding hydrogens is 302 g/mol. The Morgan fingerprint density at radius 1 is 1.45 bits per heavy atom. The number of halogens is 1. The molecule has 1 N–H and O–H groups in total. The average molecular weight is 320 g/mol. The topological polar surface area (TPSA) is 73.7 Å². The fourth-order valence-corrected chi connectivity index (χ4v) is 3.46. The summed E-state index contributed by atoms with van der Waals surface area (Å²) >= 11 is 5.78. The van der Waals surface area contributed by atoms with Gasteiger partial charge in [-0.15, -0.1) is 0 Å². The zero-order chi connectivity index (χ0) is 14.9. The van der Waals surface area contributed by atoms with Crippen LogP contribution in [0, 0.1) is 5.92 Å². The standard InChI is InChI=1S/C12H18ClN3O3S/c1-15(2)20(18,19)8-9-6-16(7-11(9)17)12-4-3-10(13)5-14-12/h3-5,9,11,17H,6-8H2,1-2H3/t9-,11-/m0/s1. The molecule has 2 atom stereocenters. The van der Waals surface area contributed by atoms with Crippen molar-refractivity contribution < 1.29 is 13.5 Å². The van der Waals surface area contributed by atoms with Gasteiger partial charge in [0, 0.05) is 39.3 Å². The van der Waals surface area contributed by atoms with E-state index in [2.05, 4.69) is 4.98 Å². The minimum absolute atomic E-state index is 0.0642. The van der Waals surface area contributed by atoms with Crippen molar-refractivity contribution in [3.63, 3.8) is 0 Å². The molecule has 20 heavy (non-hydrogen) atoms. The predicted molar refractivity (Wildman–Crippen MR) is 78.4 cm³/mol. The molecule has 8 heteroatoms. The molecule has 0 radical (unpaired) electrons. The number of nitrogens with zero attached hydrogens (tertiary/aromatic N) is 3. The minimum atomic E-state index is -3.32. The number of hydrogen-bond donors (Lipinski definition) is 1. The molecule has 1 fully saturated rings. The van der Waals surface area contributed by atoms with E-state index in [4.69, 9.17) is 11.6 Å². The Labute approximate surface area is 124 Å². The smallest absolute Gasteiger partial charge is 0.214 e. The molecule has 1 aromatic heterocycles. The fourth-order valence-electron chi connectivity index (χ4n) is 2.18. The van der Waals surface area contributed by atoms with Crippen LogP contribution >= 0.6 is 11.6 Å². The van der Waals surface area contributed by atoms with Gasteiger partial charge in [-0.2, -0.15) is 0 Å². The minimum Gasteiger partial charge on any atom is -0.391 e. The fraction of sp³-hybridized carbons (Fsp3) is 0.583. The van der Waals surface area contributed by atoms with Gasteiger partial charge < -0.3 is 10.0 Å². The SMILES string of the molecule is CN(C)S(=O)(=O)C[C@@H]1CN(c2ccc(Cl)cn2)C[C@@H]1O. The highest BCUT2D eigenvalue weighted by Gasteiger charge is 2.35. The Kier molecular flexibility index (Phi) is 4.53. The van der Waals surface area contributed by atoms with Crippen molar-refractivity contribution in [3.05, 3.63) is 23.4 Å². The zero-order valence-corrected chi connectivity index (χ0v) is 13.0. The molecule has 0 bridgehead atoms. The van der Waals surface area contributed by atoms with E-state index in [1.54, 1.807) is 12.1 Å². The van der Waals surface area contributed by atoms with E-state index >= 15 is 0 Å². The molecule has 0 aliphatic carbocycles. The summed E-state index contributed by atoms with van der Waals surface area (Å²) in [4.78, 5) is 6.06. The largest absolute Gasteiger partial charge is 0.391 e. The van der Waals surface area contributed by atoms with Gasteiger partial charge in [0.25, 0.3) is 0 Å². The van der Waals surface area contributed by atoms with Crippen LogP contribution < -0.4 is 4.90 Å². The van der Waals surface area contributed by atoms with Crippen LogP contribution in [0.3, 0.4) is 0 Å². The van der Waals surface area contributed by atoms with Gasteiger partial charge in [-0.25, -0.2) is 17.7 Å². The molecular formula is C12H18ClN3O3S. The van der Waals surface area contributed by atoms with Crippen molar-refractivity contribution in [1.82, 2.24) is 9.29 Å². The van der Waals surface area contributed by atoms with Crippen LogP contribution in [0.2, 0.25) is 5.02 Å². The van der Waals surface area contributed by atoms with Crippen molar-refractivity contribution in [3.8, 4) is 0 Å². The second kappa shape index (κ2) is 5.85. The number of rotatable bonds is 4. The lowest BCUT2D eigenvalue weighted by atomic mass is 10.1. The van der Waals surface area contributed by atoms with Crippen molar-refractivity contribution in [2.45, 2.75) is 6.10 Å². The molecule has 1 aromatic rings. The molecule has 1 aliphatic rings. The number of aliphatic hydroxyl groups is 1. The van der Waals surface area contributed by atoms with Gasteiger partial charge in [0.05, 0.1) is 16.9 Å². The van der Waals surface area contributed by atoms with Crippen molar-refractivity contribution in [2.24, 2.45) is 5.92 Å². The number of β-amino-alcohol motifs (C(OH)–C–C–N with tert-alkyl or cyclic N) is 1. The predicted octanol–water partition coefficient (Wildman–Crippen LogP) is 0.424. The second-order valence-electron chi connectivity index (χ2n) is 5.13. The molecule has 1 aliphatic heterocycles. The molecule has 6 nitrogen and oxygen atoms in total. The summed E-state index contributed by atoms with van der Waals surface area (Å²) in [7, 11) is -0.331. The Hall–Kier alpha value is -0.890. The van der Waals surface area contributed by atoms with Crippen LogP contribution in [0.25, 0.3) is 0 Å². The van der Waals surface area contributed by atoms with E-state index in [1.807, 2.05) is 4.90 Å². The maximum atomic E-state index is 11.9. The Balaban J connectivity index is 2.07. The van der Waals surface area contributed by atoms with E-state index in [9.17, 15) is 13.5 Å². The van der Waals surface area contributed by atoms with Crippen molar-refractivity contribution in [1.29, 1.82) is 0 Å². The second-order valence-corrected chi connectivity index (χ2v) is 7.79. The van der Waals surface area contributed by atoms with E-state index in [-0.39, 0.29) is 11.7 Å². The van der Waals surface area contributed by atoms with Gasteiger partial charge in [0.2, 0.25) is 10.0 Å². The third-order valence-electron chi connectivity index (χ3n) is 3.42. The number of sulfonamides is 1. The molecule has 0 amide bonds. The van der Waals surface area contributed by atoms with Crippen LogP contribution in [0.15, 0.2) is 18.3 Å². The highest BCUT2D eigenvalue weighted by molar-refractivity contribution is 7.89. The van der Waals surface area contributed by atoms with Crippen LogP contribution in [0.5, 0.6) is 0 Å². The molecule has 2 rings (SSSR count). The first-order valence-electron chi connectivity index (χ1n) is 6.24. The van der Waals surface area contributed by atoms with E-state index in [0.29, 0.717) is 23.9 Å². The van der Waals surface area contributed by atoms with Gasteiger partial charge in [-0.1, -0.05) is 11.6 Å². The lowest BCUT2D eigenvalue weighted by Crippen LogP contribution is -2.33. The van der Waals surface area contributed by atoms with E-state index in [1.165, 1.54) is 24.6 Å². The highest BCUT2D eigenvalue weighted by Crippen LogP contribution is 2.24. The molecule has 0 unspecified atom stereocenters. The van der Waals surface area contributed by atoms with Gasteiger partial charge in [0.15, 0.2) is 0 Å². The van der Waals surface area contributed by atoms with Gasteiger partial charge >= 0.3 is 0 Å². The quantitative estimate of drug-likeness (QED) is 0.871. The Bertz CT molecular complexity index is 562. The van der Waals surface area contributed by atoms with Crippen LogP contribution in [0.4, 0.5) is 5.82 Å². The Morgan fingerprint density at radius 3 is 2.70 bits per heavy atom. The molecule has 0 saturated carbocycles. The molecule has 112 valence electrons. The summed E-state index contributed by atoms with van der Waals surface area (Å²) in [5, 5.41) is 10.6. The monoisotopic (exact) mass is 319 g/mol. The lowest BCUT2D eigenvalue weighted by molar-refractivity contribution is 0.157. The normalized spacial score (nSPS) is 23.6. The summed E-state index contributed by atoms with van der Waals surface area (Å²) in [5.41, 5.74) is 0. The lowest BCUT2D eigenvalue weighted by Gasteiger charge is -2.18. The Morgan fingerprint density at radius 2 is 2.15 bits per heavy atom. The summed E-state index contributed by atoms with van der Waals surface area (Å²) in [5.74, 6) is 0.309. The maximum Gasteiger partial charge on any atom is 0.214 e. The molecule has 1 saturated heterocycles. The molecule has 0 aromatic carbocycles. The van der Waals surface area contributed by atoms with Gasteiger partial charge in [0.1, 0.15) is 5.82 Å². The van der Waals surface area contributed by atoms with Gasteiger partial charge in [-0.3, -0.25) is 0 Å². The summed E-state index contributed by atoms with van der Waals surface area (Å²) < 4.78 is 24.9. The van der Waals surface area contributed by atoms with Crippen LogP contribution in [0.1, 0.15) is 0 Å². The van der Waals surface area contributed by atoms with Crippen LogP contribution in [-0.2, 0) is 10.0 Å². The number of pyridine rings is 1. The van der Waals surface area contributed by atoms with E-state index in [0.717, 1.165) is 0 Å². The third kappa shape index (κ3) is 3.41. The maximum absolute atomic E-state index is 11.9.